The highest BCUT2D eigenvalue weighted by molar-refractivity contribution is 7.19. The second-order valence-corrected chi connectivity index (χ2v) is 6.38. The van der Waals surface area contributed by atoms with Gasteiger partial charge in [-0.25, -0.2) is 4.98 Å². The Bertz CT molecular complexity index is 1050. The number of hydrogen-bond donors (Lipinski definition) is 1. The zero-order valence-corrected chi connectivity index (χ0v) is 14.4. The first-order valence-electron chi connectivity index (χ1n) is 7.77. The van der Waals surface area contributed by atoms with E-state index in [1.807, 2.05) is 0 Å². The van der Waals surface area contributed by atoms with Crippen LogP contribution in [0, 0.1) is 10.1 Å². The number of nitro groups is 1. The van der Waals surface area contributed by atoms with Crippen molar-refractivity contribution in [3.05, 3.63) is 76.7 Å². The number of para-hydroxylation sites is 1. The van der Waals surface area contributed by atoms with Crippen LogP contribution in [0.4, 0.5) is 10.8 Å². The number of rotatable bonds is 5. The molecule has 0 atom stereocenters. The van der Waals surface area contributed by atoms with Crippen LogP contribution in [0.15, 0.2) is 69.9 Å². The highest BCUT2D eigenvalue weighted by atomic mass is 32.1. The van der Waals surface area contributed by atoms with Crippen LogP contribution in [0.3, 0.4) is 0 Å². The van der Waals surface area contributed by atoms with Gasteiger partial charge < -0.3 is 8.83 Å². The lowest BCUT2D eigenvalue weighted by molar-refractivity contribution is -0.385. The lowest BCUT2D eigenvalue weighted by Crippen LogP contribution is -2.13. The third-order valence-electron chi connectivity index (χ3n) is 3.69. The van der Waals surface area contributed by atoms with E-state index in [4.69, 9.17) is 8.83 Å². The predicted molar refractivity (Wildman–Crippen MR) is 98.6 cm³/mol. The van der Waals surface area contributed by atoms with Gasteiger partial charge in [-0.05, 0) is 30.3 Å². The van der Waals surface area contributed by atoms with E-state index in [2.05, 4.69) is 10.3 Å². The number of benzene rings is 1. The van der Waals surface area contributed by atoms with Gasteiger partial charge in [-0.2, -0.15) is 0 Å². The van der Waals surface area contributed by atoms with Crippen LogP contribution in [0.2, 0.25) is 0 Å². The molecule has 0 fully saturated rings. The molecule has 1 amide bonds. The molecule has 0 saturated heterocycles. The average molecular weight is 381 g/mol. The maximum Gasteiger partial charge on any atom is 0.282 e. The Kier molecular flexibility index (Phi) is 4.27. The minimum Gasteiger partial charge on any atom is -0.463 e. The van der Waals surface area contributed by atoms with Crippen LogP contribution in [-0.2, 0) is 0 Å². The second-order valence-electron chi connectivity index (χ2n) is 5.38. The van der Waals surface area contributed by atoms with E-state index < -0.39 is 10.8 Å². The SMILES string of the molecule is O=C(Nc1nc(-c2ccco2)c(-c2ccco2)s1)c1ccccc1[N+](=O)[O-]. The van der Waals surface area contributed by atoms with E-state index in [-0.39, 0.29) is 16.4 Å². The normalized spacial score (nSPS) is 10.7. The first-order chi connectivity index (χ1) is 13.1. The van der Waals surface area contributed by atoms with Gasteiger partial charge in [0.2, 0.25) is 0 Å². The average Bonchev–Trinajstić information content (AvgIpc) is 3.42. The van der Waals surface area contributed by atoms with Gasteiger partial charge in [-0.15, -0.1) is 0 Å². The number of aromatic nitrogens is 1. The Morgan fingerprint density at radius 2 is 1.74 bits per heavy atom. The van der Waals surface area contributed by atoms with E-state index in [0.717, 1.165) is 0 Å². The lowest BCUT2D eigenvalue weighted by Gasteiger charge is -2.02. The summed E-state index contributed by atoms with van der Waals surface area (Å²) in [5, 5.41) is 14.0. The molecule has 27 heavy (non-hydrogen) atoms. The van der Waals surface area contributed by atoms with E-state index in [1.54, 1.807) is 30.3 Å². The zero-order valence-electron chi connectivity index (χ0n) is 13.6. The van der Waals surface area contributed by atoms with E-state index in [0.29, 0.717) is 22.1 Å². The molecule has 3 heterocycles. The van der Waals surface area contributed by atoms with Crippen molar-refractivity contribution in [1.29, 1.82) is 0 Å². The van der Waals surface area contributed by atoms with E-state index in [1.165, 1.54) is 42.1 Å². The summed E-state index contributed by atoms with van der Waals surface area (Å²) < 4.78 is 10.9. The van der Waals surface area contributed by atoms with Gasteiger partial charge in [-0.1, -0.05) is 23.5 Å². The van der Waals surface area contributed by atoms with Gasteiger partial charge in [0, 0.05) is 6.07 Å². The quantitative estimate of drug-likeness (QED) is 0.392. The number of nitro benzene ring substituents is 1. The predicted octanol–water partition coefficient (Wildman–Crippen LogP) is 4.82. The van der Waals surface area contributed by atoms with E-state index >= 15 is 0 Å². The summed E-state index contributed by atoms with van der Waals surface area (Å²) in [6.07, 6.45) is 3.05. The Balaban J connectivity index is 1.70. The number of anilines is 1. The van der Waals surface area contributed by atoms with Crippen LogP contribution in [-0.4, -0.2) is 15.8 Å². The van der Waals surface area contributed by atoms with Crippen molar-refractivity contribution < 1.29 is 18.6 Å². The standard InChI is InChI=1S/C18H11N3O5S/c22-17(11-5-1-2-6-12(11)21(23)24)20-18-19-15(13-7-3-9-25-13)16(27-18)14-8-4-10-26-14/h1-10H,(H,19,20,22). The van der Waals surface area contributed by atoms with Gasteiger partial charge in [0.1, 0.15) is 21.9 Å². The van der Waals surface area contributed by atoms with Crippen molar-refractivity contribution in [3.8, 4) is 22.1 Å². The molecule has 8 nitrogen and oxygen atoms in total. The van der Waals surface area contributed by atoms with Crippen molar-refractivity contribution in [3.63, 3.8) is 0 Å². The van der Waals surface area contributed by atoms with Crippen molar-refractivity contribution in [1.82, 2.24) is 4.98 Å². The van der Waals surface area contributed by atoms with Crippen molar-refractivity contribution in [2.75, 3.05) is 5.32 Å². The fraction of sp³-hybridized carbons (Fsp3) is 0. The highest BCUT2D eigenvalue weighted by Crippen LogP contribution is 2.39. The highest BCUT2D eigenvalue weighted by Gasteiger charge is 2.23. The van der Waals surface area contributed by atoms with E-state index in [9.17, 15) is 14.9 Å². The molecule has 4 rings (SSSR count). The summed E-state index contributed by atoms with van der Waals surface area (Å²) >= 11 is 1.19. The van der Waals surface area contributed by atoms with Gasteiger partial charge in [-0.3, -0.25) is 20.2 Å². The fourth-order valence-corrected chi connectivity index (χ4v) is 3.45. The Labute approximate surface area is 156 Å². The van der Waals surface area contributed by atoms with Crippen LogP contribution in [0.25, 0.3) is 22.1 Å². The molecule has 0 aliphatic heterocycles. The number of hydrogen-bond acceptors (Lipinski definition) is 7. The van der Waals surface area contributed by atoms with Gasteiger partial charge >= 0.3 is 0 Å². The molecule has 1 aromatic carbocycles. The minimum atomic E-state index is -0.618. The van der Waals surface area contributed by atoms with Crippen molar-refractivity contribution >= 4 is 28.1 Å². The number of furan rings is 2. The Hall–Kier alpha value is -3.72. The monoisotopic (exact) mass is 381 g/mol. The molecule has 4 aromatic rings. The molecule has 0 aliphatic rings. The van der Waals surface area contributed by atoms with Gasteiger partial charge in [0.05, 0.1) is 17.4 Å². The zero-order chi connectivity index (χ0) is 18.8. The maximum atomic E-state index is 12.5. The molecule has 0 bridgehead atoms. The molecule has 1 N–H and O–H groups in total. The Morgan fingerprint density at radius 1 is 1.04 bits per heavy atom. The second kappa shape index (κ2) is 6.89. The third-order valence-corrected chi connectivity index (χ3v) is 4.68. The van der Waals surface area contributed by atoms with Crippen LogP contribution < -0.4 is 5.32 Å². The fourth-order valence-electron chi connectivity index (χ4n) is 2.52. The molecular weight excluding hydrogens is 370 g/mol. The summed E-state index contributed by atoms with van der Waals surface area (Å²) in [6, 6.07) is 12.7. The number of nitrogens with zero attached hydrogens (tertiary/aromatic N) is 2. The molecule has 3 aromatic heterocycles. The van der Waals surface area contributed by atoms with Crippen LogP contribution in [0.1, 0.15) is 10.4 Å². The third kappa shape index (κ3) is 3.23. The molecule has 134 valence electrons. The maximum absolute atomic E-state index is 12.5. The molecular formula is C18H11N3O5S. The molecule has 0 radical (unpaired) electrons. The number of carbonyl (C=O) groups is 1. The topological polar surface area (TPSA) is 111 Å². The van der Waals surface area contributed by atoms with Crippen molar-refractivity contribution in [2.24, 2.45) is 0 Å². The summed E-state index contributed by atoms with van der Waals surface area (Å²) in [5.74, 6) is 0.474. The van der Waals surface area contributed by atoms with Gasteiger partial charge in [0.15, 0.2) is 10.9 Å². The Morgan fingerprint density at radius 3 is 2.41 bits per heavy atom. The summed E-state index contributed by atoms with van der Waals surface area (Å²) in [4.78, 5) is 28.2. The lowest BCUT2D eigenvalue weighted by atomic mass is 10.1. The summed E-state index contributed by atoms with van der Waals surface area (Å²) in [5.41, 5.74) is 0.193. The molecule has 0 aliphatic carbocycles. The molecule has 9 heteroatoms. The molecule has 0 saturated carbocycles. The number of nitrogens with one attached hydrogen (secondary N) is 1. The smallest absolute Gasteiger partial charge is 0.282 e. The molecule has 0 spiro atoms. The summed E-state index contributed by atoms with van der Waals surface area (Å²) in [7, 11) is 0. The van der Waals surface area contributed by atoms with Crippen LogP contribution >= 0.6 is 11.3 Å². The van der Waals surface area contributed by atoms with Crippen molar-refractivity contribution in [2.45, 2.75) is 0 Å². The summed E-state index contributed by atoms with van der Waals surface area (Å²) in [6.45, 7) is 0. The number of amides is 1. The molecule has 0 unspecified atom stereocenters. The van der Waals surface area contributed by atoms with Gasteiger partial charge in [0.25, 0.3) is 11.6 Å². The first kappa shape index (κ1) is 16.7. The number of thiazole rings is 1. The van der Waals surface area contributed by atoms with Crippen LogP contribution in [0.5, 0.6) is 0 Å². The largest absolute Gasteiger partial charge is 0.463 e. The minimum absolute atomic E-state index is 0.0446. The number of carbonyl (C=O) groups excluding carboxylic acids is 1. The first-order valence-corrected chi connectivity index (χ1v) is 8.58.